The minimum Gasteiger partial charge on any atom is -0.494 e. The summed E-state index contributed by atoms with van der Waals surface area (Å²) >= 11 is 0. The lowest BCUT2D eigenvalue weighted by atomic mass is 10.2. The van der Waals surface area contributed by atoms with Crippen LogP contribution in [0.1, 0.15) is 12.5 Å². The second-order valence-corrected chi connectivity index (χ2v) is 4.31. The van der Waals surface area contributed by atoms with Crippen LogP contribution in [-0.2, 0) is 6.54 Å². The molecule has 2 N–H and O–H groups in total. The van der Waals surface area contributed by atoms with Crippen LogP contribution in [0, 0.1) is 0 Å². The molecule has 0 atom stereocenters. The second-order valence-electron chi connectivity index (χ2n) is 4.31. The number of nitrogens with zero attached hydrogens (tertiary/aromatic N) is 3. The minimum absolute atomic E-state index is 0.658. The van der Waals surface area contributed by atoms with Gasteiger partial charge in [-0.05, 0) is 24.6 Å². The van der Waals surface area contributed by atoms with E-state index in [0.29, 0.717) is 25.0 Å². The van der Waals surface area contributed by atoms with Gasteiger partial charge >= 0.3 is 0 Å². The zero-order chi connectivity index (χ0) is 13.7. The summed E-state index contributed by atoms with van der Waals surface area (Å²) in [6.07, 6.45) is 0. The van der Waals surface area contributed by atoms with Crippen molar-refractivity contribution in [3.8, 4) is 5.75 Å². The van der Waals surface area contributed by atoms with Crippen molar-refractivity contribution in [1.82, 2.24) is 15.2 Å². The molecule has 1 aromatic heterocycles. The molecule has 19 heavy (non-hydrogen) atoms. The maximum atomic E-state index is 5.46. The molecule has 1 heterocycles. The Morgan fingerprint density at radius 1 is 1.37 bits per heavy atom. The van der Waals surface area contributed by atoms with Crippen LogP contribution >= 0.6 is 0 Å². The van der Waals surface area contributed by atoms with Gasteiger partial charge in [0.05, 0.1) is 6.61 Å². The van der Waals surface area contributed by atoms with Crippen molar-refractivity contribution in [2.24, 2.45) is 0 Å². The molecule has 0 radical (unpaired) electrons. The predicted molar refractivity (Wildman–Crippen MR) is 75.6 cm³/mol. The third kappa shape index (κ3) is 3.61. The number of hydrogen-bond donors (Lipinski definition) is 2. The number of aromatic nitrogens is 3. The van der Waals surface area contributed by atoms with Gasteiger partial charge in [-0.15, -0.1) is 5.10 Å². The summed E-state index contributed by atoms with van der Waals surface area (Å²) in [4.78, 5) is 6.15. The highest BCUT2D eigenvalue weighted by molar-refractivity contribution is 5.36. The van der Waals surface area contributed by atoms with Gasteiger partial charge in [-0.3, -0.25) is 0 Å². The summed E-state index contributed by atoms with van der Waals surface area (Å²) in [5.41, 5.74) is 1.13. The molecule has 0 saturated heterocycles. The fourth-order valence-electron chi connectivity index (χ4n) is 1.63. The molecule has 6 heteroatoms. The highest BCUT2D eigenvalue weighted by Gasteiger charge is 2.04. The van der Waals surface area contributed by atoms with Crippen LogP contribution in [0.2, 0.25) is 0 Å². The number of anilines is 2. The number of hydrogen-bond acceptors (Lipinski definition) is 5. The quantitative estimate of drug-likeness (QED) is 0.831. The summed E-state index contributed by atoms with van der Waals surface area (Å²) < 4.78 is 5.46. The fourth-order valence-corrected chi connectivity index (χ4v) is 1.63. The predicted octanol–water partition coefficient (Wildman–Crippen LogP) is 1.88. The molecule has 0 spiro atoms. The summed E-state index contributed by atoms with van der Waals surface area (Å²) in [6, 6.07) is 7.98. The fraction of sp³-hybridized carbons (Fsp3) is 0.385. The Kier molecular flexibility index (Phi) is 4.22. The van der Waals surface area contributed by atoms with Crippen LogP contribution in [0.25, 0.3) is 0 Å². The Bertz CT molecular complexity index is 523. The van der Waals surface area contributed by atoms with Crippen LogP contribution in [-0.4, -0.2) is 35.9 Å². The SMILES string of the molecule is CCOc1cccc(CNc2nc(N(C)C)n[nH]2)c1. The molecule has 0 aliphatic rings. The normalized spacial score (nSPS) is 10.3. The number of benzene rings is 1. The van der Waals surface area contributed by atoms with Crippen LogP contribution in [0.3, 0.4) is 0 Å². The number of ether oxygens (including phenoxy) is 1. The lowest BCUT2D eigenvalue weighted by molar-refractivity contribution is 0.340. The first-order valence-corrected chi connectivity index (χ1v) is 6.24. The van der Waals surface area contributed by atoms with Gasteiger partial charge in [0.2, 0.25) is 11.9 Å². The number of H-pyrrole nitrogens is 1. The first-order valence-electron chi connectivity index (χ1n) is 6.24. The number of rotatable bonds is 6. The molecule has 1 aromatic carbocycles. The topological polar surface area (TPSA) is 66.1 Å². The van der Waals surface area contributed by atoms with Crippen LogP contribution in [0.15, 0.2) is 24.3 Å². The summed E-state index contributed by atoms with van der Waals surface area (Å²) in [5, 5.41) is 10.1. The molecule has 0 aliphatic carbocycles. The Morgan fingerprint density at radius 3 is 2.89 bits per heavy atom. The highest BCUT2D eigenvalue weighted by atomic mass is 16.5. The van der Waals surface area contributed by atoms with Gasteiger partial charge < -0.3 is 15.0 Å². The lowest BCUT2D eigenvalue weighted by Gasteiger charge is -2.07. The molecule has 6 nitrogen and oxygen atoms in total. The molecule has 2 rings (SSSR count). The highest BCUT2D eigenvalue weighted by Crippen LogP contribution is 2.14. The van der Waals surface area contributed by atoms with Gasteiger partial charge in [-0.25, -0.2) is 5.10 Å². The van der Waals surface area contributed by atoms with E-state index in [4.69, 9.17) is 4.74 Å². The minimum atomic E-state index is 0.658. The van der Waals surface area contributed by atoms with Gasteiger partial charge in [-0.1, -0.05) is 12.1 Å². The summed E-state index contributed by atoms with van der Waals surface area (Å²) in [5.74, 6) is 2.20. The lowest BCUT2D eigenvalue weighted by Crippen LogP contribution is -2.10. The van der Waals surface area contributed by atoms with Crippen molar-refractivity contribution in [1.29, 1.82) is 0 Å². The van der Waals surface area contributed by atoms with E-state index in [9.17, 15) is 0 Å². The van der Waals surface area contributed by atoms with Crippen molar-refractivity contribution < 1.29 is 4.74 Å². The van der Waals surface area contributed by atoms with E-state index < -0.39 is 0 Å². The molecule has 0 unspecified atom stereocenters. The maximum Gasteiger partial charge on any atom is 0.245 e. The van der Waals surface area contributed by atoms with E-state index >= 15 is 0 Å². The Balaban J connectivity index is 1.95. The van der Waals surface area contributed by atoms with Crippen molar-refractivity contribution in [3.05, 3.63) is 29.8 Å². The van der Waals surface area contributed by atoms with Gasteiger partial charge in [0.15, 0.2) is 0 Å². The van der Waals surface area contributed by atoms with Crippen LogP contribution < -0.4 is 15.0 Å². The molecular formula is C13H19N5O. The first kappa shape index (κ1) is 13.2. The van der Waals surface area contributed by atoms with Crippen LogP contribution in [0.4, 0.5) is 11.9 Å². The third-order valence-electron chi connectivity index (χ3n) is 2.54. The standard InChI is InChI=1S/C13H19N5O/c1-4-19-11-7-5-6-10(8-11)9-14-12-15-13(17-16-12)18(2)3/h5-8H,4,9H2,1-3H3,(H2,14,15,16,17). The van der Waals surface area contributed by atoms with Gasteiger partial charge in [0.25, 0.3) is 0 Å². The van der Waals surface area contributed by atoms with Crippen molar-refractivity contribution in [2.45, 2.75) is 13.5 Å². The van der Waals surface area contributed by atoms with E-state index in [1.807, 2.05) is 50.2 Å². The van der Waals surface area contributed by atoms with Gasteiger partial charge in [-0.2, -0.15) is 4.98 Å². The second kappa shape index (κ2) is 6.08. The van der Waals surface area contributed by atoms with E-state index in [1.54, 1.807) is 0 Å². The van der Waals surface area contributed by atoms with Crippen molar-refractivity contribution in [2.75, 3.05) is 30.9 Å². The maximum absolute atomic E-state index is 5.46. The summed E-state index contributed by atoms with van der Waals surface area (Å²) in [7, 11) is 3.80. The molecule has 0 amide bonds. The molecule has 0 bridgehead atoms. The first-order chi connectivity index (χ1) is 9.19. The molecule has 2 aromatic rings. The largest absolute Gasteiger partial charge is 0.494 e. The van der Waals surface area contributed by atoms with E-state index in [1.165, 1.54) is 0 Å². The monoisotopic (exact) mass is 261 g/mol. The Hall–Kier alpha value is -2.24. The van der Waals surface area contributed by atoms with Gasteiger partial charge in [0.1, 0.15) is 5.75 Å². The van der Waals surface area contributed by atoms with E-state index in [-0.39, 0.29) is 0 Å². The Labute approximate surface area is 112 Å². The molecule has 0 aliphatic heterocycles. The zero-order valence-electron chi connectivity index (χ0n) is 11.5. The zero-order valence-corrected chi connectivity index (χ0v) is 11.5. The van der Waals surface area contributed by atoms with Gasteiger partial charge in [0, 0.05) is 20.6 Å². The molecular weight excluding hydrogens is 242 g/mol. The third-order valence-corrected chi connectivity index (χ3v) is 2.54. The average molecular weight is 261 g/mol. The molecule has 102 valence electrons. The van der Waals surface area contributed by atoms with Crippen molar-refractivity contribution >= 4 is 11.9 Å². The summed E-state index contributed by atoms with van der Waals surface area (Å²) in [6.45, 7) is 3.32. The van der Waals surface area contributed by atoms with E-state index in [0.717, 1.165) is 11.3 Å². The molecule has 0 saturated carbocycles. The number of aromatic amines is 1. The Morgan fingerprint density at radius 2 is 2.21 bits per heavy atom. The molecule has 0 fully saturated rings. The van der Waals surface area contributed by atoms with Crippen molar-refractivity contribution in [3.63, 3.8) is 0 Å². The van der Waals surface area contributed by atoms with Crippen LogP contribution in [0.5, 0.6) is 5.75 Å². The number of nitrogens with one attached hydrogen (secondary N) is 2. The average Bonchev–Trinajstić information content (AvgIpc) is 2.86. The smallest absolute Gasteiger partial charge is 0.245 e. The van der Waals surface area contributed by atoms with E-state index in [2.05, 4.69) is 20.5 Å².